The van der Waals surface area contributed by atoms with Crippen LogP contribution in [0.1, 0.15) is 19.4 Å². The Balaban J connectivity index is 2.00. The molecule has 0 aliphatic heterocycles. The van der Waals surface area contributed by atoms with Gasteiger partial charge in [-0.15, -0.1) is 0 Å². The molecular formula is C18H18N4O5. The summed E-state index contributed by atoms with van der Waals surface area (Å²) in [5, 5.41) is 11.4. The summed E-state index contributed by atoms with van der Waals surface area (Å²) in [6.07, 6.45) is 1.50. The number of ether oxygens (including phenoxy) is 2. The summed E-state index contributed by atoms with van der Waals surface area (Å²) in [6.45, 7) is 4.16. The van der Waals surface area contributed by atoms with Crippen LogP contribution < -0.4 is 15.2 Å². The number of aromatic amines is 2. The fourth-order valence-electron chi connectivity index (χ4n) is 2.62. The third-order valence-electron chi connectivity index (χ3n) is 3.71. The Labute approximate surface area is 153 Å². The zero-order valence-electron chi connectivity index (χ0n) is 14.8. The van der Waals surface area contributed by atoms with Crippen molar-refractivity contribution in [3.8, 4) is 11.5 Å². The Kier molecular flexibility index (Phi) is 5.20. The lowest BCUT2D eigenvalue weighted by atomic mass is 10.1. The molecule has 0 atom stereocenters. The first kappa shape index (κ1) is 18.2. The Morgan fingerprint density at radius 1 is 1.11 bits per heavy atom. The molecule has 0 amide bonds. The number of imidazole rings is 1. The molecule has 2 N–H and O–H groups in total. The number of H-pyrrole nitrogens is 2. The topological polar surface area (TPSA) is 123 Å². The van der Waals surface area contributed by atoms with Gasteiger partial charge in [-0.2, -0.15) is 0 Å². The van der Waals surface area contributed by atoms with E-state index in [-0.39, 0.29) is 23.7 Å². The van der Waals surface area contributed by atoms with E-state index < -0.39 is 4.92 Å². The van der Waals surface area contributed by atoms with Crippen molar-refractivity contribution in [2.24, 2.45) is 4.99 Å². The van der Waals surface area contributed by atoms with E-state index in [9.17, 15) is 14.9 Å². The smallest absolute Gasteiger partial charge is 0.323 e. The minimum Gasteiger partial charge on any atom is -0.490 e. The lowest BCUT2D eigenvalue weighted by Crippen LogP contribution is -2.03. The van der Waals surface area contributed by atoms with Gasteiger partial charge < -0.3 is 19.4 Å². The van der Waals surface area contributed by atoms with Crippen LogP contribution in [0.2, 0.25) is 0 Å². The van der Waals surface area contributed by atoms with Gasteiger partial charge in [0.05, 0.1) is 34.9 Å². The van der Waals surface area contributed by atoms with Gasteiger partial charge in [0.25, 0.3) is 0 Å². The van der Waals surface area contributed by atoms with Gasteiger partial charge in [-0.1, -0.05) is 0 Å². The van der Waals surface area contributed by atoms with E-state index in [4.69, 9.17) is 9.47 Å². The Bertz CT molecular complexity index is 1070. The van der Waals surface area contributed by atoms with Crippen molar-refractivity contribution in [3.63, 3.8) is 0 Å². The van der Waals surface area contributed by atoms with Crippen molar-refractivity contribution in [1.29, 1.82) is 0 Å². The number of aliphatic imine (C=N–C) groups is 1. The van der Waals surface area contributed by atoms with E-state index in [2.05, 4.69) is 15.0 Å². The van der Waals surface area contributed by atoms with E-state index in [1.807, 2.05) is 0 Å². The summed E-state index contributed by atoms with van der Waals surface area (Å²) in [5.41, 5.74) is 1.91. The molecule has 1 aromatic heterocycles. The number of benzene rings is 2. The number of hydrogen-bond acceptors (Lipinski definition) is 6. The summed E-state index contributed by atoms with van der Waals surface area (Å²) >= 11 is 0. The quantitative estimate of drug-likeness (QED) is 0.375. The first-order chi connectivity index (χ1) is 13.0. The van der Waals surface area contributed by atoms with Gasteiger partial charge in [0.1, 0.15) is 0 Å². The second kappa shape index (κ2) is 7.73. The molecule has 140 valence electrons. The predicted molar refractivity (Wildman–Crippen MR) is 102 cm³/mol. The fourth-order valence-corrected chi connectivity index (χ4v) is 2.62. The van der Waals surface area contributed by atoms with E-state index in [0.29, 0.717) is 34.6 Å². The summed E-state index contributed by atoms with van der Waals surface area (Å²) in [7, 11) is 0. The average Bonchev–Trinajstić information content (AvgIpc) is 3.01. The number of fused-ring (bicyclic) bond motifs is 1. The van der Waals surface area contributed by atoms with Crippen LogP contribution in [0.4, 0.5) is 11.4 Å². The summed E-state index contributed by atoms with van der Waals surface area (Å²) in [6, 6.07) is 8.19. The van der Waals surface area contributed by atoms with E-state index in [0.717, 1.165) is 0 Å². The number of nitrogens with one attached hydrogen (secondary N) is 2. The van der Waals surface area contributed by atoms with Crippen LogP contribution in [0.15, 0.2) is 40.1 Å². The normalized spacial score (nSPS) is 11.2. The van der Waals surface area contributed by atoms with Gasteiger partial charge in [-0.05, 0) is 38.1 Å². The van der Waals surface area contributed by atoms with Crippen molar-refractivity contribution in [3.05, 3.63) is 56.5 Å². The molecule has 0 fully saturated rings. The fraction of sp³-hybridized carbons (Fsp3) is 0.222. The molecule has 1 heterocycles. The van der Waals surface area contributed by atoms with E-state index >= 15 is 0 Å². The maximum absolute atomic E-state index is 11.4. The SMILES string of the molecule is CCOc1cc(C=Nc2ccc3[nH]c(=O)[nH]c3c2)cc([N+](=O)[O-])c1OCC. The van der Waals surface area contributed by atoms with Crippen LogP contribution in [0, 0.1) is 10.1 Å². The molecule has 0 saturated heterocycles. The lowest BCUT2D eigenvalue weighted by molar-refractivity contribution is -0.385. The maximum Gasteiger partial charge on any atom is 0.323 e. The molecule has 0 radical (unpaired) electrons. The lowest BCUT2D eigenvalue weighted by Gasteiger charge is -2.11. The minimum absolute atomic E-state index is 0.104. The van der Waals surface area contributed by atoms with E-state index in [1.54, 1.807) is 38.1 Å². The minimum atomic E-state index is -0.512. The van der Waals surface area contributed by atoms with Crippen molar-refractivity contribution in [2.45, 2.75) is 13.8 Å². The summed E-state index contributed by atoms with van der Waals surface area (Å²) < 4.78 is 10.9. The van der Waals surface area contributed by atoms with Gasteiger partial charge in [-0.25, -0.2) is 4.79 Å². The van der Waals surface area contributed by atoms with Gasteiger partial charge in [0.15, 0.2) is 5.75 Å². The van der Waals surface area contributed by atoms with Crippen LogP contribution in [-0.4, -0.2) is 34.3 Å². The molecule has 2 aromatic carbocycles. The second-order valence-electron chi connectivity index (χ2n) is 5.56. The van der Waals surface area contributed by atoms with Gasteiger partial charge >= 0.3 is 11.4 Å². The Hall–Kier alpha value is -3.62. The van der Waals surface area contributed by atoms with Crippen molar-refractivity contribution in [1.82, 2.24) is 9.97 Å². The molecule has 3 aromatic rings. The molecule has 0 spiro atoms. The van der Waals surface area contributed by atoms with Crippen molar-refractivity contribution >= 4 is 28.6 Å². The van der Waals surface area contributed by atoms with Crippen LogP contribution >= 0.6 is 0 Å². The van der Waals surface area contributed by atoms with Crippen molar-refractivity contribution < 1.29 is 14.4 Å². The highest BCUT2D eigenvalue weighted by molar-refractivity contribution is 5.86. The summed E-state index contributed by atoms with van der Waals surface area (Å²) in [4.78, 5) is 31.9. The molecular weight excluding hydrogens is 352 g/mol. The van der Waals surface area contributed by atoms with Gasteiger partial charge in [0, 0.05) is 17.8 Å². The van der Waals surface area contributed by atoms with Crippen molar-refractivity contribution in [2.75, 3.05) is 13.2 Å². The third kappa shape index (κ3) is 3.97. The Morgan fingerprint density at radius 3 is 2.56 bits per heavy atom. The van der Waals surface area contributed by atoms with Crippen LogP contribution in [-0.2, 0) is 0 Å². The number of nitro benzene ring substituents is 1. The molecule has 0 aliphatic rings. The zero-order valence-corrected chi connectivity index (χ0v) is 14.8. The molecule has 0 unspecified atom stereocenters. The number of hydrogen-bond donors (Lipinski definition) is 2. The van der Waals surface area contributed by atoms with Crippen LogP contribution in [0.3, 0.4) is 0 Å². The molecule has 0 saturated carbocycles. The first-order valence-corrected chi connectivity index (χ1v) is 8.36. The zero-order chi connectivity index (χ0) is 19.4. The predicted octanol–water partition coefficient (Wildman–Crippen LogP) is 3.31. The van der Waals surface area contributed by atoms with Gasteiger partial charge in [0.2, 0.25) is 5.75 Å². The highest BCUT2D eigenvalue weighted by atomic mass is 16.6. The molecule has 3 rings (SSSR count). The highest BCUT2D eigenvalue weighted by Crippen LogP contribution is 2.38. The molecule has 0 bridgehead atoms. The number of aromatic nitrogens is 2. The van der Waals surface area contributed by atoms with E-state index in [1.165, 1.54) is 12.3 Å². The number of nitro groups is 1. The van der Waals surface area contributed by atoms with Crippen LogP contribution in [0.25, 0.3) is 11.0 Å². The second-order valence-corrected chi connectivity index (χ2v) is 5.56. The number of nitrogens with zero attached hydrogens (tertiary/aromatic N) is 2. The third-order valence-corrected chi connectivity index (χ3v) is 3.71. The molecule has 9 nitrogen and oxygen atoms in total. The number of rotatable bonds is 7. The molecule has 0 aliphatic carbocycles. The highest BCUT2D eigenvalue weighted by Gasteiger charge is 2.22. The summed E-state index contributed by atoms with van der Waals surface area (Å²) in [5.74, 6) is 0.397. The standard InChI is InChI=1S/C18H18N4O5/c1-3-26-16-8-11(7-15(22(24)25)17(16)27-4-2)10-19-12-5-6-13-14(9-12)21-18(23)20-13/h5-10H,3-4H2,1-2H3,(H2,20,21,23). The van der Waals surface area contributed by atoms with Gasteiger partial charge in [-0.3, -0.25) is 15.1 Å². The maximum atomic E-state index is 11.4. The first-order valence-electron chi connectivity index (χ1n) is 8.36. The largest absolute Gasteiger partial charge is 0.490 e. The molecule has 27 heavy (non-hydrogen) atoms. The average molecular weight is 370 g/mol. The Morgan fingerprint density at radius 2 is 1.85 bits per heavy atom. The monoisotopic (exact) mass is 370 g/mol. The van der Waals surface area contributed by atoms with Crippen LogP contribution in [0.5, 0.6) is 11.5 Å². The molecule has 9 heteroatoms.